The number of amides is 1. The number of halogens is 1. The van der Waals surface area contributed by atoms with Crippen LogP contribution in [0.1, 0.15) is 20.8 Å². The van der Waals surface area contributed by atoms with E-state index in [0.717, 1.165) is 4.43 Å². The summed E-state index contributed by atoms with van der Waals surface area (Å²) in [6.07, 6.45) is 0.983. The van der Waals surface area contributed by atoms with Crippen LogP contribution < -0.4 is 19.8 Å². The quantitative estimate of drug-likeness (QED) is 0.322. The van der Waals surface area contributed by atoms with Crippen molar-refractivity contribution < 1.29 is 37.8 Å². The SMILES string of the molecule is CC(C)(C)OC(=O)N1CC(C[I-]S(C)(=O)=O)C1. The predicted octanol–water partition coefficient (Wildman–Crippen LogP) is -2.10. The van der Waals surface area contributed by atoms with Crippen molar-refractivity contribution in [2.75, 3.05) is 23.8 Å². The van der Waals surface area contributed by atoms with Crippen molar-refractivity contribution >= 4 is 13.1 Å². The molecule has 0 saturated carbocycles. The number of hydrogen-bond donors (Lipinski definition) is 0. The number of carbonyl (C=O) groups excluding carboxylic acids is 1. The van der Waals surface area contributed by atoms with Crippen LogP contribution in [0.4, 0.5) is 4.79 Å². The second-order valence-electron chi connectivity index (χ2n) is 5.20. The van der Waals surface area contributed by atoms with Crippen molar-refractivity contribution in [3.8, 4) is 0 Å². The molecular formula is C10H19INO4S-. The Bertz CT molecular complexity index is 382. The molecule has 1 amide bonds. The van der Waals surface area contributed by atoms with Gasteiger partial charge in [0, 0.05) is 0 Å². The van der Waals surface area contributed by atoms with Crippen molar-refractivity contribution in [3.05, 3.63) is 0 Å². The van der Waals surface area contributed by atoms with Gasteiger partial charge in [-0.3, -0.25) is 0 Å². The molecule has 0 aromatic carbocycles. The third-order valence-corrected chi connectivity index (χ3v) is 8.33. The Kier molecular flexibility index (Phi) is 4.67. The average Bonchev–Trinajstić information content (AvgIpc) is 1.94. The van der Waals surface area contributed by atoms with Crippen LogP contribution in [0.3, 0.4) is 0 Å². The van der Waals surface area contributed by atoms with Crippen molar-refractivity contribution in [1.82, 2.24) is 4.90 Å². The Morgan fingerprint density at radius 2 is 1.94 bits per heavy atom. The van der Waals surface area contributed by atoms with Gasteiger partial charge in [0.25, 0.3) is 0 Å². The summed E-state index contributed by atoms with van der Waals surface area (Å²) in [6, 6.07) is 0. The van der Waals surface area contributed by atoms with Crippen LogP contribution in [0.25, 0.3) is 0 Å². The first-order valence-electron chi connectivity index (χ1n) is 5.36. The van der Waals surface area contributed by atoms with E-state index >= 15 is 0 Å². The molecule has 0 aromatic heterocycles. The van der Waals surface area contributed by atoms with E-state index in [9.17, 15) is 13.2 Å². The number of carbonyl (C=O) groups is 1. The molecule has 1 rings (SSSR count). The number of nitrogens with zero attached hydrogens (tertiary/aromatic N) is 1. The standard InChI is InChI=1S/C10H19INO4S/c1-10(2,3)16-9(13)12-6-8(7-12)5-11-17(4,14)15/h8H,5-7H2,1-4H3/q-1. The molecule has 0 N–H and O–H groups in total. The molecule has 0 bridgehead atoms. The summed E-state index contributed by atoms with van der Waals surface area (Å²) in [5.41, 5.74) is -0.470. The van der Waals surface area contributed by atoms with E-state index in [0.29, 0.717) is 19.0 Å². The van der Waals surface area contributed by atoms with E-state index in [1.54, 1.807) is 4.90 Å². The van der Waals surface area contributed by atoms with Crippen molar-refractivity contribution in [2.24, 2.45) is 5.92 Å². The Balaban J connectivity index is 2.25. The Morgan fingerprint density at radius 1 is 1.41 bits per heavy atom. The first-order chi connectivity index (χ1) is 7.57. The van der Waals surface area contributed by atoms with Crippen LogP contribution in [-0.2, 0) is 11.7 Å². The topological polar surface area (TPSA) is 63.7 Å². The molecule has 7 heteroatoms. The maximum absolute atomic E-state index is 11.6. The minimum atomic E-state index is -2.79. The summed E-state index contributed by atoms with van der Waals surface area (Å²) in [4.78, 5) is 13.2. The van der Waals surface area contributed by atoms with Crippen LogP contribution >= 0.6 is 0 Å². The van der Waals surface area contributed by atoms with Gasteiger partial charge < -0.3 is 0 Å². The molecule has 1 fully saturated rings. The number of alkyl halides is 1. The fourth-order valence-electron chi connectivity index (χ4n) is 1.35. The van der Waals surface area contributed by atoms with E-state index in [2.05, 4.69) is 0 Å². The Labute approximate surface area is 112 Å². The minimum absolute atomic E-state index is 0.300. The molecule has 0 unspecified atom stereocenters. The zero-order valence-electron chi connectivity index (χ0n) is 10.6. The number of likely N-dealkylation sites (tertiary alicyclic amines) is 1. The average molecular weight is 376 g/mol. The van der Waals surface area contributed by atoms with Gasteiger partial charge in [0.2, 0.25) is 0 Å². The van der Waals surface area contributed by atoms with Gasteiger partial charge >= 0.3 is 112 Å². The van der Waals surface area contributed by atoms with E-state index in [1.165, 1.54) is 6.26 Å². The number of rotatable bonds is 3. The molecule has 0 atom stereocenters. The van der Waals surface area contributed by atoms with Gasteiger partial charge in [-0.15, -0.1) is 0 Å². The molecule has 17 heavy (non-hydrogen) atoms. The van der Waals surface area contributed by atoms with Crippen LogP contribution in [0, 0.1) is 5.92 Å². The summed E-state index contributed by atoms with van der Waals surface area (Å²) < 4.78 is 28.0. The monoisotopic (exact) mass is 376 g/mol. The molecule has 1 aliphatic heterocycles. The molecule has 0 radical (unpaired) electrons. The summed E-state index contributed by atoms with van der Waals surface area (Å²) in [5.74, 6) is 0.338. The zero-order chi connectivity index (χ0) is 13.3. The van der Waals surface area contributed by atoms with Crippen LogP contribution in [0.5, 0.6) is 0 Å². The van der Waals surface area contributed by atoms with E-state index < -0.39 is 32.4 Å². The summed E-state index contributed by atoms with van der Waals surface area (Å²) in [5, 5.41) is 0. The molecule has 5 nitrogen and oxygen atoms in total. The fraction of sp³-hybridized carbons (Fsp3) is 0.900. The second kappa shape index (κ2) is 5.29. The zero-order valence-corrected chi connectivity index (χ0v) is 13.5. The number of hydrogen-bond acceptors (Lipinski definition) is 4. The summed E-state index contributed by atoms with van der Waals surface area (Å²) >= 11 is -0.787. The third-order valence-electron chi connectivity index (χ3n) is 2.09. The normalized spacial score (nSPS) is 18.0. The van der Waals surface area contributed by atoms with Gasteiger partial charge in [-0.05, 0) is 0 Å². The van der Waals surface area contributed by atoms with Gasteiger partial charge in [-0.25, -0.2) is 0 Å². The summed E-state index contributed by atoms with van der Waals surface area (Å²) in [6.45, 7) is 6.75. The Morgan fingerprint density at radius 3 is 2.35 bits per heavy atom. The summed E-state index contributed by atoms with van der Waals surface area (Å²) in [7, 11) is -2.79. The second-order valence-corrected chi connectivity index (χ2v) is 14.3. The van der Waals surface area contributed by atoms with E-state index in [1.807, 2.05) is 20.8 Å². The van der Waals surface area contributed by atoms with Crippen molar-refractivity contribution in [2.45, 2.75) is 26.4 Å². The molecule has 1 saturated heterocycles. The third kappa shape index (κ3) is 5.89. The van der Waals surface area contributed by atoms with Crippen LogP contribution in [0.2, 0.25) is 0 Å². The predicted molar refractivity (Wildman–Crippen MR) is 61.0 cm³/mol. The van der Waals surface area contributed by atoms with Gasteiger partial charge in [-0.2, -0.15) is 0 Å². The maximum atomic E-state index is 11.6. The molecule has 1 heterocycles. The van der Waals surface area contributed by atoms with E-state index in [4.69, 9.17) is 4.74 Å². The van der Waals surface area contributed by atoms with Crippen LogP contribution in [0.15, 0.2) is 0 Å². The first-order valence-corrected chi connectivity index (χ1v) is 11.3. The molecule has 0 spiro atoms. The Hall–Kier alpha value is -0.0500. The molecular weight excluding hydrogens is 357 g/mol. The molecule has 0 aliphatic carbocycles. The molecule has 1 aliphatic rings. The van der Waals surface area contributed by atoms with Gasteiger partial charge in [0.15, 0.2) is 0 Å². The molecule has 0 aromatic rings. The molecule has 102 valence electrons. The fourth-order valence-corrected chi connectivity index (χ4v) is 5.80. The number of ether oxygens (including phenoxy) is 1. The van der Waals surface area contributed by atoms with E-state index in [-0.39, 0.29) is 6.09 Å². The van der Waals surface area contributed by atoms with Crippen molar-refractivity contribution in [3.63, 3.8) is 0 Å². The van der Waals surface area contributed by atoms with Gasteiger partial charge in [-0.1, -0.05) is 0 Å². The van der Waals surface area contributed by atoms with Gasteiger partial charge in [0.05, 0.1) is 0 Å². The van der Waals surface area contributed by atoms with Crippen LogP contribution in [-0.4, -0.2) is 48.8 Å². The van der Waals surface area contributed by atoms with Gasteiger partial charge in [0.1, 0.15) is 0 Å². The first kappa shape index (κ1) is 15.0. The van der Waals surface area contributed by atoms with Crippen molar-refractivity contribution in [1.29, 1.82) is 0 Å².